The van der Waals surface area contributed by atoms with Crippen molar-refractivity contribution in [2.24, 2.45) is 0 Å². The fraction of sp³-hybridized carbons (Fsp3) is 0.565. The number of amides is 2. The fourth-order valence-corrected chi connectivity index (χ4v) is 3.29. The molecule has 0 saturated heterocycles. The zero-order valence-corrected chi connectivity index (χ0v) is 18.4. The van der Waals surface area contributed by atoms with Gasteiger partial charge in [0.05, 0.1) is 6.54 Å². The molecule has 0 aliphatic carbocycles. The molecule has 1 aromatic rings. The van der Waals surface area contributed by atoms with E-state index in [2.05, 4.69) is 34.3 Å². The third-order valence-electron chi connectivity index (χ3n) is 5.08. The Kier molecular flexibility index (Phi) is 10.2. The number of benzene rings is 1. The van der Waals surface area contributed by atoms with Crippen LogP contribution in [-0.2, 0) is 16.0 Å². The quantitative estimate of drug-likeness (QED) is 0.591. The third kappa shape index (κ3) is 8.06. The summed E-state index contributed by atoms with van der Waals surface area (Å²) < 4.78 is 6.05. The molecule has 0 saturated carbocycles. The Hall–Kier alpha value is -2.54. The highest BCUT2D eigenvalue weighted by Gasteiger charge is 2.19. The Balaban J connectivity index is 2.10. The number of hydrogen-bond donors (Lipinski definition) is 4. The van der Waals surface area contributed by atoms with Gasteiger partial charge in [-0.25, -0.2) is 0 Å². The Bertz CT molecular complexity index is 720. The van der Waals surface area contributed by atoms with Crippen molar-refractivity contribution >= 4 is 11.8 Å². The van der Waals surface area contributed by atoms with E-state index < -0.39 is 6.04 Å². The maximum absolute atomic E-state index is 12.6. The summed E-state index contributed by atoms with van der Waals surface area (Å²) in [4.78, 5) is 24.9. The molecule has 7 heteroatoms. The summed E-state index contributed by atoms with van der Waals surface area (Å²) in [5, 5.41) is 12.4. The van der Waals surface area contributed by atoms with Gasteiger partial charge in [-0.15, -0.1) is 0 Å². The van der Waals surface area contributed by atoms with Crippen LogP contribution in [0.2, 0.25) is 0 Å². The zero-order valence-electron chi connectivity index (χ0n) is 18.4. The minimum Gasteiger partial charge on any atom is -0.492 e. The second kappa shape index (κ2) is 12.9. The van der Waals surface area contributed by atoms with Crippen LogP contribution in [0.3, 0.4) is 0 Å². The Morgan fingerprint density at radius 2 is 1.97 bits per heavy atom. The third-order valence-corrected chi connectivity index (χ3v) is 5.08. The zero-order chi connectivity index (χ0) is 21.8. The molecule has 4 N–H and O–H groups in total. The van der Waals surface area contributed by atoms with E-state index in [0.29, 0.717) is 26.1 Å². The van der Waals surface area contributed by atoms with Crippen molar-refractivity contribution in [3.05, 3.63) is 41.6 Å². The Morgan fingerprint density at radius 1 is 1.17 bits per heavy atom. The van der Waals surface area contributed by atoms with Gasteiger partial charge in [-0.1, -0.05) is 37.6 Å². The normalized spacial score (nSPS) is 23.8. The van der Waals surface area contributed by atoms with Gasteiger partial charge in [0.25, 0.3) is 0 Å². The summed E-state index contributed by atoms with van der Waals surface area (Å²) in [6, 6.07) is 7.68. The van der Waals surface area contributed by atoms with Gasteiger partial charge < -0.3 is 26.0 Å². The summed E-state index contributed by atoms with van der Waals surface area (Å²) in [5.41, 5.74) is 2.06. The molecule has 1 aliphatic rings. The molecule has 1 aromatic carbocycles. The lowest BCUT2D eigenvalue weighted by Crippen LogP contribution is -2.49. The van der Waals surface area contributed by atoms with Gasteiger partial charge >= 0.3 is 0 Å². The van der Waals surface area contributed by atoms with Crippen LogP contribution >= 0.6 is 0 Å². The van der Waals surface area contributed by atoms with E-state index >= 15 is 0 Å². The summed E-state index contributed by atoms with van der Waals surface area (Å²) in [7, 11) is 0. The van der Waals surface area contributed by atoms with Crippen LogP contribution in [-0.4, -0.2) is 50.1 Å². The minimum absolute atomic E-state index is 0.127. The van der Waals surface area contributed by atoms with Crippen LogP contribution in [0.4, 0.5) is 0 Å². The van der Waals surface area contributed by atoms with Gasteiger partial charge in [0.1, 0.15) is 18.4 Å². The summed E-state index contributed by atoms with van der Waals surface area (Å²) in [6.07, 6.45) is 4.99. The molecule has 1 aliphatic heterocycles. The number of hydrogen-bond acceptors (Lipinski definition) is 5. The molecule has 2 rings (SSSR count). The molecule has 30 heavy (non-hydrogen) atoms. The number of para-hydroxylation sites is 1. The predicted molar refractivity (Wildman–Crippen MR) is 119 cm³/mol. The molecule has 7 nitrogen and oxygen atoms in total. The van der Waals surface area contributed by atoms with E-state index in [9.17, 15) is 9.59 Å². The summed E-state index contributed by atoms with van der Waals surface area (Å²) >= 11 is 0. The topological polar surface area (TPSA) is 91.5 Å². The number of nitrogens with one attached hydrogen (secondary N) is 4. The fourth-order valence-electron chi connectivity index (χ4n) is 3.29. The first-order valence-corrected chi connectivity index (χ1v) is 10.9. The number of fused-ring (bicyclic) bond motifs is 1. The smallest absolute Gasteiger partial charge is 0.242 e. The lowest BCUT2D eigenvalue weighted by molar-refractivity contribution is -0.128. The van der Waals surface area contributed by atoms with Crippen LogP contribution in [0.5, 0.6) is 5.75 Å². The predicted octanol–water partition coefficient (Wildman–Crippen LogP) is 1.88. The lowest BCUT2D eigenvalue weighted by Gasteiger charge is -2.21. The number of carbonyl (C=O) groups excluding carboxylic acids is 2. The first kappa shape index (κ1) is 23.7. The molecule has 0 fully saturated rings. The highest BCUT2D eigenvalue weighted by Crippen LogP contribution is 2.19. The first-order chi connectivity index (χ1) is 14.5. The monoisotopic (exact) mass is 416 g/mol. The highest BCUT2D eigenvalue weighted by atomic mass is 16.5. The van der Waals surface area contributed by atoms with E-state index in [-0.39, 0.29) is 24.4 Å². The number of rotatable bonds is 2. The minimum atomic E-state index is -0.508. The SMILES string of the molecule is CC=C1CN[C@@H](C)COc2ccccc2CCCNC(=O)C(CCC)NC(=O)CN1. The molecule has 166 valence electrons. The summed E-state index contributed by atoms with van der Waals surface area (Å²) in [6.45, 7) is 7.85. The van der Waals surface area contributed by atoms with Gasteiger partial charge in [0, 0.05) is 24.8 Å². The number of allylic oxidation sites excluding steroid dienone is 1. The van der Waals surface area contributed by atoms with Crippen LogP contribution < -0.4 is 26.0 Å². The van der Waals surface area contributed by atoms with Crippen molar-refractivity contribution in [1.29, 1.82) is 0 Å². The number of ether oxygens (including phenoxy) is 1. The maximum Gasteiger partial charge on any atom is 0.242 e. The first-order valence-electron chi connectivity index (χ1n) is 10.9. The molecule has 1 heterocycles. The Morgan fingerprint density at radius 3 is 2.73 bits per heavy atom. The second-order valence-electron chi connectivity index (χ2n) is 7.67. The highest BCUT2D eigenvalue weighted by molar-refractivity contribution is 5.88. The molecule has 0 radical (unpaired) electrons. The van der Waals surface area contributed by atoms with Crippen molar-refractivity contribution in [3.63, 3.8) is 0 Å². The van der Waals surface area contributed by atoms with Crippen molar-refractivity contribution < 1.29 is 14.3 Å². The van der Waals surface area contributed by atoms with E-state index in [4.69, 9.17) is 4.74 Å². The van der Waals surface area contributed by atoms with Crippen LogP contribution in [0.15, 0.2) is 36.0 Å². The van der Waals surface area contributed by atoms with Crippen molar-refractivity contribution in [3.8, 4) is 5.75 Å². The van der Waals surface area contributed by atoms with Crippen LogP contribution in [0.25, 0.3) is 0 Å². The molecule has 2 atom stereocenters. The van der Waals surface area contributed by atoms with E-state index in [1.54, 1.807) is 0 Å². The maximum atomic E-state index is 12.6. The molecule has 0 spiro atoms. The number of aryl methyl sites for hydroxylation is 1. The largest absolute Gasteiger partial charge is 0.492 e. The van der Waals surface area contributed by atoms with Crippen LogP contribution in [0.1, 0.15) is 45.6 Å². The van der Waals surface area contributed by atoms with Gasteiger partial charge in [-0.05, 0) is 44.7 Å². The molecular weight excluding hydrogens is 380 g/mol. The average molecular weight is 417 g/mol. The van der Waals surface area contributed by atoms with Crippen molar-refractivity contribution in [2.75, 3.05) is 26.2 Å². The molecule has 0 bridgehead atoms. The van der Waals surface area contributed by atoms with Gasteiger partial charge in [0.2, 0.25) is 11.8 Å². The van der Waals surface area contributed by atoms with Crippen molar-refractivity contribution in [1.82, 2.24) is 21.3 Å². The van der Waals surface area contributed by atoms with E-state index in [1.807, 2.05) is 38.1 Å². The van der Waals surface area contributed by atoms with Gasteiger partial charge in [-0.3, -0.25) is 9.59 Å². The Labute approximate surface area is 180 Å². The second-order valence-corrected chi connectivity index (χ2v) is 7.67. The number of carbonyl (C=O) groups is 2. The van der Waals surface area contributed by atoms with Crippen molar-refractivity contribution in [2.45, 2.75) is 58.5 Å². The molecule has 0 aromatic heterocycles. The molecule has 1 unspecified atom stereocenters. The van der Waals surface area contributed by atoms with E-state index in [0.717, 1.165) is 36.3 Å². The average Bonchev–Trinajstić information content (AvgIpc) is 2.75. The standard InChI is InChI=1S/C23H36N4O3/c1-4-9-20-23(29)24-13-8-11-18-10-6-7-12-21(18)30-16-17(3)25-14-19(5-2)26-15-22(28)27-20/h5-7,10,12,17,20,25-26H,4,8-9,11,13-16H2,1-3H3,(H,24,29)(H,27,28)/t17-,20?/m0/s1. The van der Waals surface area contributed by atoms with E-state index in [1.165, 1.54) is 0 Å². The lowest BCUT2D eigenvalue weighted by atomic mass is 10.1. The summed E-state index contributed by atoms with van der Waals surface area (Å²) in [5.74, 6) is 0.575. The molecular formula is C23H36N4O3. The van der Waals surface area contributed by atoms with Gasteiger partial charge in [0.15, 0.2) is 0 Å². The van der Waals surface area contributed by atoms with Crippen LogP contribution in [0, 0.1) is 0 Å². The van der Waals surface area contributed by atoms with Gasteiger partial charge in [-0.2, -0.15) is 0 Å². The molecule has 2 amide bonds.